The molecule has 450 valence electrons. The number of ether oxygens (including phenoxy) is 3. The first kappa shape index (κ1) is 72.6. The van der Waals surface area contributed by atoms with Crippen LogP contribution in [0.4, 0.5) is 0 Å². The Labute approximate surface area is 472 Å². The fourth-order valence-electron chi connectivity index (χ4n) is 10.0. The minimum atomic E-state index is -1.62. The van der Waals surface area contributed by atoms with Crippen molar-refractivity contribution in [3.63, 3.8) is 0 Å². The average molecular weight is 1090 g/mol. The van der Waals surface area contributed by atoms with E-state index >= 15 is 0 Å². The Hall–Kier alpha value is -2.38. The summed E-state index contributed by atoms with van der Waals surface area (Å²) in [6, 6.07) is -1.02. The fourth-order valence-corrected chi connectivity index (χ4v) is 10.0. The maximum atomic E-state index is 13.4. The third-order valence-electron chi connectivity index (χ3n) is 15.2. The van der Waals surface area contributed by atoms with E-state index in [2.05, 4.69) is 62.5 Å². The Kier molecular flexibility index (Phi) is 51.1. The van der Waals surface area contributed by atoms with Crippen LogP contribution >= 0.6 is 0 Å². The smallest absolute Gasteiger partial charge is 0.306 e. The maximum absolute atomic E-state index is 13.4. The number of rotatable bonds is 55. The lowest BCUT2D eigenvalue weighted by Gasteiger charge is -2.41. The van der Waals surface area contributed by atoms with Gasteiger partial charge in [-0.25, -0.2) is 0 Å². The standard InChI is InChI=1S/C66H121NO10/c1-4-7-10-13-16-19-22-24-26-28-29-30-32-33-35-38-41-44-47-50-53-59(70)65(74)67-57(58(69)52-49-46-43-40-37-21-18-15-12-9-6-3)56-75-66-64(63(73)62(72)60(55-68)76-66)77-61(71)54-51-48-45-42-39-36-34-31-27-25-23-20-17-14-11-8-5-2/h17,20,24-27,49,52,57-60,62-64,66,68-70,72-73H,4-16,18-19,21-23,28-48,50-51,53-56H2,1-3H3,(H,67,74)/b20-17-,26-24+,27-25-,52-49+. The summed E-state index contributed by atoms with van der Waals surface area (Å²) < 4.78 is 17.6. The van der Waals surface area contributed by atoms with Gasteiger partial charge in [0.25, 0.3) is 0 Å². The monoisotopic (exact) mass is 1090 g/mol. The van der Waals surface area contributed by atoms with Crippen molar-refractivity contribution in [1.82, 2.24) is 5.32 Å². The summed E-state index contributed by atoms with van der Waals surface area (Å²) in [7, 11) is 0. The maximum Gasteiger partial charge on any atom is 0.306 e. The van der Waals surface area contributed by atoms with Gasteiger partial charge in [0.05, 0.1) is 25.4 Å². The molecule has 0 bridgehead atoms. The van der Waals surface area contributed by atoms with E-state index in [4.69, 9.17) is 14.2 Å². The molecule has 0 radical (unpaired) electrons. The van der Waals surface area contributed by atoms with Crippen molar-refractivity contribution in [2.45, 2.75) is 346 Å². The molecule has 0 aliphatic carbocycles. The molecule has 0 saturated carbocycles. The van der Waals surface area contributed by atoms with E-state index < -0.39 is 67.4 Å². The molecule has 0 aromatic carbocycles. The minimum Gasteiger partial charge on any atom is -0.454 e. The third-order valence-corrected chi connectivity index (χ3v) is 15.2. The van der Waals surface area contributed by atoms with E-state index in [-0.39, 0.29) is 13.0 Å². The van der Waals surface area contributed by atoms with Crippen molar-refractivity contribution in [3.8, 4) is 0 Å². The van der Waals surface area contributed by atoms with Crippen LogP contribution in [0.1, 0.15) is 297 Å². The topological polar surface area (TPSA) is 175 Å². The highest BCUT2D eigenvalue weighted by molar-refractivity contribution is 5.80. The number of hydrogen-bond donors (Lipinski definition) is 6. The van der Waals surface area contributed by atoms with Crippen molar-refractivity contribution in [2.75, 3.05) is 13.2 Å². The number of carbonyl (C=O) groups is 2. The largest absolute Gasteiger partial charge is 0.454 e. The van der Waals surface area contributed by atoms with Crippen LogP contribution < -0.4 is 5.32 Å². The second kappa shape index (κ2) is 54.2. The SMILES string of the molecule is CCCCC/C=C\C/C=C\CCCCCCCCCC(=O)OC1C(OCC(NC(=O)C(O)CCCCCCCCCCCC/C=C/CCCCCCCC)C(O)/C=C/CCCCCCCCCCC)OC(CO)C(O)C1O. The number of amides is 1. The fraction of sp³-hybridized carbons (Fsp3) is 0.848. The summed E-state index contributed by atoms with van der Waals surface area (Å²) in [6.07, 6.45) is 55.8. The molecule has 0 aromatic heterocycles. The van der Waals surface area contributed by atoms with E-state index in [1.54, 1.807) is 6.08 Å². The molecule has 8 unspecified atom stereocenters. The normalized spacial score (nSPS) is 19.3. The van der Waals surface area contributed by atoms with Crippen LogP contribution in [0.25, 0.3) is 0 Å². The first-order chi connectivity index (χ1) is 37.7. The van der Waals surface area contributed by atoms with E-state index in [0.717, 1.165) is 77.0 Å². The molecule has 11 heteroatoms. The molecular weight excluding hydrogens is 967 g/mol. The zero-order valence-electron chi connectivity index (χ0n) is 49.8. The van der Waals surface area contributed by atoms with Gasteiger partial charge in [0.15, 0.2) is 12.4 Å². The predicted octanol–water partition coefficient (Wildman–Crippen LogP) is 15.6. The first-order valence-corrected chi connectivity index (χ1v) is 32.4. The van der Waals surface area contributed by atoms with Crippen LogP contribution in [-0.4, -0.2) is 99.6 Å². The number of carbonyl (C=O) groups excluding carboxylic acids is 2. The van der Waals surface area contributed by atoms with Crippen LogP contribution in [0.5, 0.6) is 0 Å². The lowest BCUT2D eigenvalue weighted by molar-refractivity contribution is -0.305. The quantitative estimate of drug-likeness (QED) is 0.0195. The number of esters is 1. The van der Waals surface area contributed by atoms with Gasteiger partial charge >= 0.3 is 5.97 Å². The lowest BCUT2D eigenvalue weighted by Crippen LogP contribution is -2.61. The Morgan fingerprint density at radius 1 is 0.506 bits per heavy atom. The first-order valence-electron chi connectivity index (χ1n) is 32.4. The van der Waals surface area contributed by atoms with Crippen molar-refractivity contribution in [1.29, 1.82) is 0 Å². The van der Waals surface area contributed by atoms with Gasteiger partial charge in [0.1, 0.15) is 24.4 Å². The highest BCUT2D eigenvalue weighted by Crippen LogP contribution is 2.26. The molecule has 1 aliphatic rings. The summed E-state index contributed by atoms with van der Waals surface area (Å²) in [5, 5.41) is 57.0. The van der Waals surface area contributed by atoms with Crippen LogP contribution in [0.15, 0.2) is 48.6 Å². The van der Waals surface area contributed by atoms with E-state index in [1.165, 1.54) is 173 Å². The molecule has 1 fully saturated rings. The van der Waals surface area contributed by atoms with Crippen molar-refractivity contribution in [3.05, 3.63) is 48.6 Å². The van der Waals surface area contributed by atoms with Crippen LogP contribution in [0.3, 0.4) is 0 Å². The summed E-state index contributed by atoms with van der Waals surface area (Å²) in [5.41, 5.74) is 0. The Bertz CT molecular complexity index is 1440. The number of aliphatic hydroxyl groups excluding tert-OH is 5. The molecule has 77 heavy (non-hydrogen) atoms. The highest BCUT2D eigenvalue weighted by atomic mass is 16.7. The number of nitrogens with one attached hydrogen (secondary N) is 1. The van der Waals surface area contributed by atoms with E-state index in [9.17, 15) is 35.1 Å². The second-order valence-corrected chi connectivity index (χ2v) is 22.5. The molecule has 1 saturated heterocycles. The van der Waals surface area contributed by atoms with Crippen LogP contribution in [-0.2, 0) is 23.8 Å². The second-order valence-electron chi connectivity index (χ2n) is 22.5. The summed E-state index contributed by atoms with van der Waals surface area (Å²) in [6.45, 7) is 5.77. The zero-order valence-corrected chi connectivity index (χ0v) is 49.8. The molecule has 1 rings (SSSR count). The number of hydrogen-bond acceptors (Lipinski definition) is 10. The van der Waals surface area contributed by atoms with Gasteiger partial charge in [-0.15, -0.1) is 0 Å². The highest BCUT2D eigenvalue weighted by Gasteiger charge is 2.47. The lowest BCUT2D eigenvalue weighted by atomic mass is 9.99. The molecule has 11 nitrogen and oxygen atoms in total. The molecule has 0 spiro atoms. The summed E-state index contributed by atoms with van der Waals surface area (Å²) in [4.78, 5) is 26.6. The molecule has 1 heterocycles. The van der Waals surface area contributed by atoms with Crippen molar-refractivity contribution < 1.29 is 49.3 Å². The average Bonchev–Trinajstić information content (AvgIpc) is 3.43. The Morgan fingerprint density at radius 2 is 0.896 bits per heavy atom. The van der Waals surface area contributed by atoms with Crippen LogP contribution in [0.2, 0.25) is 0 Å². The van der Waals surface area contributed by atoms with Crippen LogP contribution in [0, 0.1) is 0 Å². The number of aliphatic hydroxyl groups is 5. The van der Waals surface area contributed by atoms with Gasteiger partial charge < -0.3 is 45.1 Å². The zero-order chi connectivity index (χ0) is 56.1. The van der Waals surface area contributed by atoms with Gasteiger partial charge in [-0.1, -0.05) is 256 Å². The van der Waals surface area contributed by atoms with Gasteiger partial charge in [-0.3, -0.25) is 9.59 Å². The number of allylic oxidation sites excluding steroid dienone is 7. The minimum absolute atomic E-state index is 0.115. The Morgan fingerprint density at radius 3 is 1.36 bits per heavy atom. The van der Waals surface area contributed by atoms with Crippen molar-refractivity contribution >= 4 is 11.9 Å². The molecule has 8 atom stereocenters. The third kappa shape index (κ3) is 42.2. The molecule has 1 amide bonds. The van der Waals surface area contributed by atoms with Gasteiger partial charge in [-0.2, -0.15) is 0 Å². The molecule has 0 aromatic rings. The van der Waals surface area contributed by atoms with Gasteiger partial charge in [0, 0.05) is 6.42 Å². The number of unbranched alkanes of at least 4 members (excludes halogenated alkanes) is 35. The Balaban J connectivity index is 2.63. The molecule has 6 N–H and O–H groups in total. The summed E-state index contributed by atoms with van der Waals surface area (Å²) in [5.74, 6) is -1.20. The van der Waals surface area contributed by atoms with Gasteiger partial charge in [0.2, 0.25) is 5.91 Å². The molecule has 1 aliphatic heterocycles. The van der Waals surface area contributed by atoms with E-state index in [0.29, 0.717) is 19.3 Å². The van der Waals surface area contributed by atoms with Crippen molar-refractivity contribution in [2.24, 2.45) is 0 Å². The van der Waals surface area contributed by atoms with E-state index in [1.807, 2.05) is 6.08 Å². The predicted molar refractivity (Wildman–Crippen MR) is 320 cm³/mol. The van der Waals surface area contributed by atoms with Gasteiger partial charge in [-0.05, 0) is 83.5 Å². The summed E-state index contributed by atoms with van der Waals surface area (Å²) >= 11 is 0. The molecular formula is C66H121NO10.